The molecule has 1 aliphatic rings. The Morgan fingerprint density at radius 3 is 0.469 bits per heavy atom. The van der Waals surface area contributed by atoms with Crippen LogP contribution in [0.25, 0.3) is 0 Å². The van der Waals surface area contributed by atoms with Crippen molar-refractivity contribution in [3.05, 3.63) is 93.0 Å². The average molecular weight is 1350 g/mol. The largest absolute Gasteiger partial charge is 0.508 e. The normalized spacial score (nSPS) is 15.3. The molecule has 0 saturated carbocycles. The van der Waals surface area contributed by atoms with Crippen LogP contribution in [0.4, 0.5) is 0 Å². The van der Waals surface area contributed by atoms with E-state index >= 15 is 0 Å². The molecular formula is C72H96O24. The Balaban J connectivity index is 1.65. The average Bonchev–Trinajstić information content (AvgIpc) is 0.756. The minimum Gasteiger partial charge on any atom is -0.508 e. The summed E-state index contributed by atoms with van der Waals surface area (Å²) in [4.78, 5) is 92.1. The van der Waals surface area contributed by atoms with Gasteiger partial charge >= 0.3 is 47.8 Å². The summed E-state index contributed by atoms with van der Waals surface area (Å²) in [7, 11) is 0. The maximum Gasteiger partial charge on any atom is 0.317 e. The van der Waals surface area contributed by atoms with Crippen LogP contribution in [-0.2, 0) is 38.4 Å². The third-order valence-corrected chi connectivity index (χ3v) is 19.0. The lowest BCUT2D eigenvalue weighted by Crippen LogP contribution is -2.23. The summed E-state index contributed by atoms with van der Waals surface area (Å²) in [5, 5.41) is 172. The number of phenolic OH excluding ortho intramolecular Hbond substituents is 8. The van der Waals surface area contributed by atoms with Gasteiger partial charge in [-0.1, -0.05) is 154 Å². The molecule has 528 valence electrons. The van der Waals surface area contributed by atoms with Crippen molar-refractivity contribution in [2.75, 3.05) is 0 Å². The van der Waals surface area contributed by atoms with Gasteiger partial charge in [-0.3, -0.25) is 38.4 Å². The standard InChI is InChI=1S/C72H96O24/c73-57-37-59(75)51-33-49(57)41(25-17-9-1-5-13-21-29-45(65(81)82)66(83)84)50-34-52(60(76)38-58(50)74)43(27-19-11-3-7-15-23-31-47(69(89)90)70(91)92)54-36-56(64(80)40-62(54)78)44(28-20-12-4-8-16-24-32-48(71(93)94)72(95)96)55-35-53(61(77)39-63(55)79)42(51)26-18-10-2-6-14-22-30-46(67(85)86)68(87)88/h33-48,73-80H,1-32H2,(H,81,82)(H,83,84)(H,85,86)(H,87,88)(H,89,90)(H,91,92)(H,93,94)(H,95,96). The van der Waals surface area contributed by atoms with Gasteiger partial charge in [-0.2, -0.15) is 0 Å². The Bertz CT molecular complexity index is 2710. The first-order valence-electron chi connectivity index (χ1n) is 33.7. The summed E-state index contributed by atoms with van der Waals surface area (Å²) in [5.74, 6) is -24.0. The number of carboxylic acid groups (broad SMARTS) is 8. The molecule has 1 aliphatic carbocycles. The number of fused-ring (bicyclic) bond motifs is 8. The monoisotopic (exact) mass is 1340 g/mol. The Morgan fingerprint density at radius 1 is 0.208 bits per heavy atom. The number of carboxylic acids is 8. The molecule has 24 nitrogen and oxygen atoms in total. The van der Waals surface area contributed by atoms with Crippen molar-refractivity contribution in [2.45, 2.75) is 229 Å². The van der Waals surface area contributed by atoms with Crippen LogP contribution in [0.1, 0.15) is 274 Å². The van der Waals surface area contributed by atoms with Crippen molar-refractivity contribution >= 4 is 47.8 Å². The first-order chi connectivity index (χ1) is 45.7. The van der Waals surface area contributed by atoms with Crippen LogP contribution < -0.4 is 0 Å². The lowest BCUT2D eigenvalue weighted by Gasteiger charge is -2.29. The zero-order valence-electron chi connectivity index (χ0n) is 54.3. The summed E-state index contributed by atoms with van der Waals surface area (Å²) < 4.78 is 0. The van der Waals surface area contributed by atoms with E-state index in [1.54, 1.807) is 24.3 Å². The second-order valence-electron chi connectivity index (χ2n) is 25.8. The van der Waals surface area contributed by atoms with Crippen molar-refractivity contribution in [1.82, 2.24) is 0 Å². The van der Waals surface area contributed by atoms with E-state index in [2.05, 4.69) is 0 Å². The molecule has 4 aromatic carbocycles. The number of carbonyl (C=O) groups is 8. The predicted molar refractivity (Wildman–Crippen MR) is 349 cm³/mol. The van der Waals surface area contributed by atoms with Gasteiger partial charge in [-0.05, 0) is 75.6 Å². The van der Waals surface area contributed by atoms with Gasteiger partial charge in [0.15, 0.2) is 23.7 Å². The minimum absolute atomic E-state index is 0.0474. The maximum atomic E-state index is 12.1. The van der Waals surface area contributed by atoms with Crippen molar-refractivity contribution < 1.29 is 120 Å². The molecule has 0 radical (unpaired) electrons. The Hall–Kier alpha value is -8.96. The highest BCUT2D eigenvalue weighted by atomic mass is 16.4. The van der Waals surface area contributed by atoms with Crippen LogP contribution in [0.5, 0.6) is 46.0 Å². The van der Waals surface area contributed by atoms with Crippen LogP contribution in [-0.4, -0.2) is 129 Å². The molecule has 16 N–H and O–H groups in total. The topological polar surface area (TPSA) is 460 Å². The molecular weight excluding hydrogens is 1250 g/mol. The summed E-state index contributed by atoms with van der Waals surface area (Å²) in [6.45, 7) is 0. The fourth-order valence-corrected chi connectivity index (χ4v) is 13.6. The molecule has 96 heavy (non-hydrogen) atoms. The summed E-state index contributed by atoms with van der Waals surface area (Å²) >= 11 is 0. The number of rotatable bonds is 44. The molecule has 0 aromatic heterocycles. The SMILES string of the molecule is O=C(O)C(CCCCCCCCC1c2cc(c(O)cc2O)C(CCCCCCCCC(C(=O)O)C(=O)O)c2cc(c(O)cc2O)C(CCCCCCCCC(C(=O)O)C(=O)O)c2cc(c(O)cc2O)C(CCCCCCCCC(C(=O)O)C(=O)O)c2cc1c(O)cc2O)C(=O)O. The lowest BCUT2D eigenvalue weighted by molar-refractivity contribution is -0.156. The highest BCUT2D eigenvalue weighted by Gasteiger charge is 2.35. The molecule has 0 fully saturated rings. The third-order valence-electron chi connectivity index (χ3n) is 19.0. The highest BCUT2D eigenvalue weighted by molar-refractivity contribution is 5.94. The first kappa shape index (κ1) is 77.7. The molecule has 0 spiro atoms. The molecule has 0 saturated heterocycles. The Labute approximate surface area is 557 Å². The molecule has 24 heteroatoms. The van der Waals surface area contributed by atoms with Gasteiger partial charge in [0.05, 0.1) is 0 Å². The van der Waals surface area contributed by atoms with Crippen LogP contribution >= 0.6 is 0 Å². The Morgan fingerprint density at radius 2 is 0.333 bits per heavy atom. The smallest absolute Gasteiger partial charge is 0.317 e. The van der Waals surface area contributed by atoms with Gasteiger partial charge in [-0.25, -0.2) is 0 Å². The van der Waals surface area contributed by atoms with Crippen LogP contribution in [0.15, 0.2) is 48.5 Å². The quantitative estimate of drug-likeness (QED) is 0.0144. The number of aliphatic carboxylic acids is 8. The second kappa shape index (κ2) is 38.6. The van der Waals surface area contributed by atoms with Gasteiger partial charge < -0.3 is 81.7 Å². The first-order valence-corrected chi connectivity index (χ1v) is 33.7. The molecule has 0 unspecified atom stereocenters. The molecule has 8 bridgehead atoms. The number of phenols is 8. The van der Waals surface area contributed by atoms with Crippen LogP contribution in [0.3, 0.4) is 0 Å². The predicted octanol–water partition coefficient (Wildman–Crippen LogP) is 13.8. The van der Waals surface area contributed by atoms with E-state index in [1.165, 1.54) is 24.3 Å². The van der Waals surface area contributed by atoms with E-state index in [0.29, 0.717) is 154 Å². The number of aromatic hydroxyl groups is 8. The van der Waals surface area contributed by atoms with Gasteiger partial charge in [0, 0.05) is 92.4 Å². The highest BCUT2D eigenvalue weighted by Crippen LogP contribution is 2.53. The van der Waals surface area contributed by atoms with E-state index in [-0.39, 0.29) is 142 Å². The molecule has 5 rings (SSSR count). The van der Waals surface area contributed by atoms with Gasteiger partial charge in [0.1, 0.15) is 46.0 Å². The number of hydrogen-bond acceptors (Lipinski definition) is 16. The fourth-order valence-electron chi connectivity index (χ4n) is 13.6. The summed E-state index contributed by atoms with van der Waals surface area (Å²) in [5.41, 5.74) is 1.93. The van der Waals surface area contributed by atoms with Crippen molar-refractivity contribution in [3.63, 3.8) is 0 Å². The molecule has 0 aliphatic heterocycles. The van der Waals surface area contributed by atoms with Crippen molar-refractivity contribution in [1.29, 1.82) is 0 Å². The zero-order chi connectivity index (χ0) is 70.8. The van der Waals surface area contributed by atoms with Gasteiger partial charge in [-0.15, -0.1) is 0 Å². The Kier molecular flexibility index (Phi) is 31.2. The molecule has 4 aromatic rings. The molecule has 0 atom stereocenters. The summed E-state index contributed by atoms with van der Waals surface area (Å²) in [6, 6.07) is 11.1. The second-order valence-corrected chi connectivity index (χ2v) is 25.8. The van der Waals surface area contributed by atoms with E-state index < -0.39 is 95.1 Å². The van der Waals surface area contributed by atoms with Gasteiger partial charge in [0.25, 0.3) is 0 Å². The number of benzene rings is 4. The van der Waals surface area contributed by atoms with E-state index in [0.717, 1.165) is 0 Å². The molecule has 0 heterocycles. The van der Waals surface area contributed by atoms with Gasteiger partial charge in [0.2, 0.25) is 0 Å². The van der Waals surface area contributed by atoms with E-state index in [9.17, 15) is 120 Å². The van der Waals surface area contributed by atoms with Crippen molar-refractivity contribution in [2.24, 2.45) is 23.7 Å². The van der Waals surface area contributed by atoms with Crippen LogP contribution in [0.2, 0.25) is 0 Å². The molecule has 0 amide bonds. The zero-order valence-corrected chi connectivity index (χ0v) is 54.3. The lowest BCUT2D eigenvalue weighted by atomic mass is 9.76. The maximum absolute atomic E-state index is 12.1. The number of unbranched alkanes of at least 4 members (excludes halogenated alkanes) is 20. The van der Waals surface area contributed by atoms with E-state index in [1.807, 2.05) is 0 Å². The summed E-state index contributed by atoms with van der Waals surface area (Å²) in [6.07, 6.45) is 13.6. The minimum atomic E-state index is -1.53. The van der Waals surface area contributed by atoms with Crippen LogP contribution in [0, 0.1) is 23.7 Å². The number of hydrogen-bond donors (Lipinski definition) is 16. The van der Waals surface area contributed by atoms with E-state index in [4.69, 9.17) is 0 Å². The fraction of sp³-hybridized carbons (Fsp3) is 0.556. The third kappa shape index (κ3) is 22.6. The van der Waals surface area contributed by atoms with Crippen molar-refractivity contribution in [3.8, 4) is 46.0 Å².